The van der Waals surface area contributed by atoms with Crippen molar-refractivity contribution in [3.8, 4) is 11.4 Å². The van der Waals surface area contributed by atoms with E-state index in [-0.39, 0.29) is 23.5 Å². The first-order valence-corrected chi connectivity index (χ1v) is 9.64. The molecule has 27 heavy (non-hydrogen) atoms. The summed E-state index contributed by atoms with van der Waals surface area (Å²) in [6, 6.07) is 13.6. The van der Waals surface area contributed by atoms with Crippen LogP contribution in [0.5, 0.6) is 0 Å². The highest BCUT2D eigenvalue weighted by atomic mass is 35.5. The largest absolute Gasteiger partial charge is 0.349 e. The molecule has 3 aromatic rings. The molecule has 0 radical (unpaired) electrons. The van der Waals surface area contributed by atoms with E-state index >= 15 is 0 Å². The predicted molar refractivity (Wildman–Crippen MR) is 105 cm³/mol. The molecule has 0 bridgehead atoms. The molecule has 0 spiro atoms. The second kappa shape index (κ2) is 8.54. The van der Waals surface area contributed by atoms with Crippen LogP contribution in [0.3, 0.4) is 0 Å². The van der Waals surface area contributed by atoms with E-state index in [1.807, 2.05) is 25.1 Å². The summed E-state index contributed by atoms with van der Waals surface area (Å²) in [5.41, 5.74) is 1.23. The summed E-state index contributed by atoms with van der Waals surface area (Å²) in [6.45, 7) is 1.88. The van der Waals surface area contributed by atoms with Crippen LogP contribution in [-0.2, 0) is 11.8 Å². The summed E-state index contributed by atoms with van der Waals surface area (Å²) in [4.78, 5) is 12.3. The highest BCUT2D eigenvalue weighted by Crippen LogP contribution is 2.25. The lowest BCUT2D eigenvalue weighted by Gasteiger charge is -2.15. The van der Waals surface area contributed by atoms with E-state index in [0.717, 1.165) is 5.56 Å². The van der Waals surface area contributed by atoms with Crippen LogP contribution in [0.15, 0.2) is 53.7 Å². The molecule has 0 fully saturated rings. The molecule has 1 amide bonds. The Hall–Kier alpha value is -2.38. The number of rotatable bonds is 6. The lowest BCUT2D eigenvalue weighted by molar-refractivity contribution is -0.119. The first-order chi connectivity index (χ1) is 13.0. The van der Waals surface area contributed by atoms with E-state index in [1.165, 1.54) is 17.8 Å². The topological polar surface area (TPSA) is 59.8 Å². The normalized spacial score (nSPS) is 12.0. The zero-order valence-electron chi connectivity index (χ0n) is 14.8. The van der Waals surface area contributed by atoms with E-state index in [1.54, 1.807) is 35.9 Å². The maximum absolute atomic E-state index is 14.0. The molecule has 0 aliphatic heterocycles. The quantitative estimate of drug-likeness (QED) is 0.624. The first kappa shape index (κ1) is 19.4. The standard InChI is InChI=1S/C19H18ClFN4OS/c1-12(13-7-3-5-9-15(13)20)22-17(26)11-27-19-24-23-18(25(19)2)14-8-4-6-10-16(14)21/h3-10,12H,11H2,1-2H3,(H,22,26). The number of carbonyl (C=O) groups is 1. The van der Waals surface area contributed by atoms with E-state index < -0.39 is 0 Å². The van der Waals surface area contributed by atoms with Crippen molar-refractivity contribution in [3.05, 3.63) is 64.9 Å². The predicted octanol–water partition coefficient (Wildman–Crippen LogP) is 4.24. The van der Waals surface area contributed by atoms with Gasteiger partial charge in [-0.1, -0.05) is 53.7 Å². The minimum absolute atomic E-state index is 0.150. The van der Waals surface area contributed by atoms with Crippen molar-refractivity contribution in [2.75, 3.05) is 5.75 Å². The van der Waals surface area contributed by atoms with Gasteiger partial charge >= 0.3 is 0 Å². The van der Waals surface area contributed by atoms with Crippen molar-refractivity contribution < 1.29 is 9.18 Å². The van der Waals surface area contributed by atoms with Crippen LogP contribution >= 0.6 is 23.4 Å². The number of halogens is 2. The molecule has 140 valence electrons. The molecule has 3 rings (SSSR count). The molecule has 0 aliphatic rings. The number of carbonyl (C=O) groups excluding carboxylic acids is 1. The van der Waals surface area contributed by atoms with Gasteiger partial charge in [-0.15, -0.1) is 10.2 Å². The first-order valence-electron chi connectivity index (χ1n) is 8.28. The third-order valence-electron chi connectivity index (χ3n) is 4.03. The van der Waals surface area contributed by atoms with Gasteiger partial charge in [-0.05, 0) is 30.7 Å². The Morgan fingerprint density at radius 3 is 2.67 bits per heavy atom. The highest BCUT2D eigenvalue weighted by Gasteiger charge is 2.17. The van der Waals surface area contributed by atoms with Gasteiger partial charge in [0.15, 0.2) is 11.0 Å². The smallest absolute Gasteiger partial charge is 0.230 e. The van der Waals surface area contributed by atoms with Crippen molar-refractivity contribution in [1.29, 1.82) is 0 Å². The fourth-order valence-corrected chi connectivity index (χ4v) is 3.66. The Bertz CT molecular complexity index is 962. The molecular weight excluding hydrogens is 387 g/mol. The van der Waals surface area contributed by atoms with Crippen LogP contribution in [0.2, 0.25) is 5.02 Å². The van der Waals surface area contributed by atoms with Gasteiger partial charge in [0.2, 0.25) is 5.91 Å². The van der Waals surface area contributed by atoms with Crippen molar-refractivity contribution in [2.45, 2.75) is 18.1 Å². The number of benzene rings is 2. The highest BCUT2D eigenvalue weighted by molar-refractivity contribution is 7.99. The van der Waals surface area contributed by atoms with Crippen LogP contribution in [0, 0.1) is 5.82 Å². The lowest BCUT2D eigenvalue weighted by Crippen LogP contribution is -2.28. The molecule has 8 heteroatoms. The lowest BCUT2D eigenvalue weighted by atomic mass is 10.1. The van der Waals surface area contributed by atoms with E-state index in [0.29, 0.717) is 21.6 Å². The van der Waals surface area contributed by atoms with Crippen molar-refractivity contribution in [2.24, 2.45) is 7.05 Å². The molecule has 0 saturated heterocycles. The summed E-state index contributed by atoms with van der Waals surface area (Å²) in [6.07, 6.45) is 0. The third-order valence-corrected chi connectivity index (χ3v) is 5.40. The minimum atomic E-state index is -0.365. The molecular formula is C19H18ClFN4OS. The van der Waals surface area contributed by atoms with Gasteiger partial charge in [0, 0.05) is 12.1 Å². The van der Waals surface area contributed by atoms with E-state index in [2.05, 4.69) is 15.5 Å². The number of amides is 1. The zero-order chi connectivity index (χ0) is 19.4. The molecule has 1 heterocycles. The van der Waals surface area contributed by atoms with Gasteiger partial charge in [-0.25, -0.2) is 4.39 Å². The van der Waals surface area contributed by atoms with Crippen LogP contribution in [0.4, 0.5) is 4.39 Å². The fraction of sp³-hybridized carbons (Fsp3) is 0.211. The minimum Gasteiger partial charge on any atom is -0.349 e. The van der Waals surface area contributed by atoms with Gasteiger partial charge in [-0.2, -0.15) is 0 Å². The summed E-state index contributed by atoms with van der Waals surface area (Å²) in [7, 11) is 1.74. The van der Waals surface area contributed by atoms with Gasteiger partial charge < -0.3 is 9.88 Å². The average molecular weight is 405 g/mol. The molecule has 1 N–H and O–H groups in total. The molecule has 5 nitrogen and oxygen atoms in total. The average Bonchev–Trinajstić information content (AvgIpc) is 3.01. The Kier molecular flexibility index (Phi) is 6.13. The van der Waals surface area contributed by atoms with Gasteiger partial charge in [0.05, 0.1) is 17.4 Å². The summed E-state index contributed by atoms with van der Waals surface area (Å²) in [5.74, 6) is 0.0667. The second-order valence-electron chi connectivity index (χ2n) is 5.94. The second-order valence-corrected chi connectivity index (χ2v) is 7.29. The maximum Gasteiger partial charge on any atom is 0.230 e. The maximum atomic E-state index is 14.0. The van der Waals surface area contributed by atoms with Crippen LogP contribution in [0.1, 0.15) is 18.5 Å². The molecule has 0 aliphatic carbocycles. The number of nitrogens with one attached hydrogen (secondary N) is 1. The van der Waals surface area contributed by atoms with Crippen molar-refractivity contribution >= 4 is 29.3 Å². The molecule has 2 aromatic carbocycles. The molecule has 0 saturated carbocycles. The summed E-state index contributed by atoms with van der Waals surface area (Å²) < 4.78 is 15.6. The van der Waals surface area contributed by atoms with E-state index in [4.69, 9.17) is 11.6 Å². The van der Waals surface area contributed by atoms with E-state index in [9.17, 15) is 9.18 Å². The number of nitrogens with zero attached hydrogens (tertiary/aromatic N) is 3. The summed E-state index contributed by atoms with van der Waals surface area (Å²) in [5, 5.41) is 12.2. The Morgan fingerprint density at radius 1 is 1.22 bits per heavy atom. The monoisotopic (exact) mass is 404 g/mol. The molecule has 1 unspecified atom stereocenters. The number of aromatic nitrogens is 3. The van der Waals surface area contributed by atoms with Gasteiger partial charge in [0.25, 0.3) is 0 Å². The zero-order valence-corrected chi connectivity index (χ0v) is 16.4. The number of hydrogen-bond donors (Lipinski definition) is 1. The molecule has 1 aromatic heterocycles. The Labute approximate surface area is 166 Å². The summed E-state index contributed by atoms with van der Waals surface area (Å²) >= 11 is 7.40. The van der Waals surface area contributed by atoms with Crippen molar-refractivity contribution in [3.63, 3.8) is 0 Å². The van der Waals surface area contributed by atoms with Gasteiger partial charge in [0.1, 0.15) is 5.82 Å². The Morgan fingerprint density at radius 2 is 1.93 bits per heavy atom. The fourth-order valence-electron chi connectivity index (χ4n) is 2.63. The number of thioether (sulfide) groups is 1. The SMILES string of the molecule is CC(NC(=O)CSc1nnc(-c2ccccc2F)n1C)c1ccccc1Cl. The Balaban J connectivity index is 1.63. The van der Waals surface area contributed by atoms with Gasteiger partial charge in [-0.3, -0.25) is 4.79 Å². The number of hydrogen-bond acceptors (Lipinski definition) is 4. The van der Waals surface area contributed by atoms with Crippen LogP contribution in [-0.4, -0.2) is 26.4 Å². The van der Waals surface area contributed by atoms with Crippen LogP contribution < -0.4 is 5.32 Å². The third kappa shape index (κ3) is 4.48. The van der Waals surface area contributed by atoms with Crippen molar-refractivity contribution in [1.82, 2.24) is 20.1 Å². The van der Waals surface area contributed by atoms with Crippen LogP contribution in [0.25, 0.3) is 11.4 Å². The molecule has 1 atom stereocenters.